The topological polar surface area (TPSA) is 72.5 Å². The molecule has 0 aliphatic carbocycles. The van der Waals surface area contributed by atoms with Crippen molar-refractivity contribution in [1.29, 1.82) is 0 Å². The number of hydrogen-bond donors (Lipinski definition) is 1. The molecule has 0 saturated heterocycles. The van der Waals surface area contributed by atoms with Crippen LogP contribution in [0.5, 0.6) is 5.75 Å². The van der Waals surface area contributed by atoms with Gasteiger partial charge in [0, 0.05) is 12.8 Å². The van der Waals surface area contributed by atoms with E-state index in [9.17, 15) is 49.5 Å². The predicted molar refractivity (Wildman–Crippen MR) is 145 cm³/mol. The molecule has 0 radical (unpaired) electrons. The van der Waals surface area contributed by atoms with Crippen LogP contribution >= 0.6 is 11.6 Å². The number of carbonyl (C=O) groups is 3. The third-order valence-corrected chi connectivity index (χ3v) is 7.09. The van der Waals surface area contributed by atoms with Crippen molar-refractivity contribution in [3.05, 3.63) is 93.0 Å². The van der Waals surface area contributed by atoms with Crippen LogP contribution < -0.4 is 10.1 Å². The molecule has 0 spiro atoms. The number of benzene rings is 3. The van der Waals surface area contributed by atoms with E-state index in [4.69, 9.17) is 16.3 Å². The second-order valence-electron chi connectivity index (χ2n) is 10.2. The minimum Gasteiger partial charge on any atom is -0.487 e. The molecule has 242 valence electrons. The molecule has 3 aromatic rings. The highest BCUT2D eigenvalue weighted by molar-refractivity contribution is 6.34. The van der Waals surface area contributed by atoms with Gasteiger partial charge in [-0.1, -0.05) is 23.7 Å². The van der Waals surface area contributed by atoms with Gasteiger partial charge >= 0.3 is 6.18 Å². The van der Waals surface area contributed by atoms with E-state index in [0.29, 0.717) is 26.0 Å². The summed E-state index contributed by atoms with van der Waals surface area (Å²) in [5.41, 5.74) is -5.50. The maximum atomic E-state index is 15.4. The van der Waals surface area contributed by atoms with Gasteiger partial charge in [-0.05, 0) is 61.7 Å². The summed E-state index contributed by atoms with van der Waals surface area (Å²) in [6.45, 7) is 0.176. The summed E-state index contributed by atoms with van der Waals surface area (Å²) in [6, 6.07) is 6.25. The van der Waals surface area contributed by atoms with Crippen LogP contribution in [0.2, 0.25) is 5.02 Å². The molecule has 0 aromatic heterocycles. The van der Waals surface area contributed by atoms with Gasteiger partial charge in [-0.25, -0.2) is 26.3 Å². The van der Waals surface area contributed by atoms with Crippen LogP contribution in [0.25, 0.3) is 0 Å². The Bertz CT molecular complexity index is 1620. The van der Waals surface area contributed by atoms with Crippen LogP contribution in [-0.4, -0.2) is 36.7 Å². The summed E-state index contributed by atoms with van der Waals surface area (Å²) in [5.74, 6) is -9.86. The number of rotatable bonds is 12. The van der Waals surface area contributed by atoms with Crippen molar-refractivity contribution in [3.63, 3.8) is 0 Å². The van der Waals surface area contributed by atoms with E-state index in [2.05, 4.69) is 0 Å². The lowest BCUT2D eigenvalue weighted by Gasteiger charge is -2.26. The second kappa shape index (κ2) is 13.9. The van der Waals surface area contributed by atoms with E-state index in [1.54, 1.807) is 5.32 Å². The summed E-state index contributed by atoms with van der Waals surface area (Å²) in [6.07, 6.45) is -9.72. The highest BCUT2D eigenvalue weighted by atomic mass is 35.5. The van der Waals surface area contributed by atoms with Crippen molar-refractivity contribution in [1.82, 2.24) is 0 Å². The fourth-order valence-corrected chi connectivity index (χ4v) is 4.25. The summed E-state index contributed by atoms with van der Waals surface area (Å²) in [4.78, 5) is 38.3. The predicted octanol–water partition coefficient (Wildman–Crippen LogP) is 8.31. The molecular weight excluding hydrogens is 645 g/mol. The number of amides is 1. The zero-order valence-electron chi connectivity index (χ0n) is 23.4. The lowest BCUT2D eigenvalue weighted by molar-refractivity contribution is -0.210. The van der Waals surface area contributed by atoms with E-state index in [1.165, 1.54) is 0 Å². The number of ether oxygens (including phenoxy) is 1. The molecule has 0 atom stereocenters. The Morgan fingerprint density at radius 2 is 1.56 bits per heavy atom. The van der Waals surface area contributed by atoms with E-state index in [0.717, 1.165) is 30.3 Å². The molecule has 3 aromatic carbocycles. The fraction of sp³-hybridized carbons (Fsp3) is 0.300. The zero-order valence-corrected chi connectivity index (χ0v) is 24.1. The number of hydrogen-bond acceptors (Lipinski definition) is 4. The van der Waals surface area contributed by atoms with Gasteiger partial charge in [-0.2, -0.15) is 13.2 Å². The number of Topliss-reactive ketones (excluding diaryl/α,β-unsaturated/α-hetero) is 2. The Hall–Kier alpha value is -4.07. The number of nitrogens with one attached hydrogen (secondary N) is 1. The molecule has 5 nitrogen and oxygen atoms in total. The maximum absolute atomic E-state index is 15.4. The first-order valence-corrected chi connectivity index (χ1v) is 13.3. The Kier molecular flexibility index (Phi) is 11.0. The first-order chi connectivity index (χ1) is 20.8. The lowest BCUT2D eigenvalue weighted by atomic mass is 9.84. The Morgan fingerprint density at radius 3 is 2.18 bits per heavy atom. The average molecular weight is 668 g/mol. The molecule has 45 heavy (non-hydrogen) atoms. The van der Waals surface area contributed by atoms with Gasteiger partial charge < -0.3 is 10.1 Å². The van der Waals surface area contributed by atoms with Crippen LogP contribution in [0, 0.1) is 28.7 Å². The van der Waals surface area contributed by atoms with Crippen LogP contribution in [0.1, 0.15) is 52.1 Å². The van der Waals surface area contributed by atoms with Crippen molar-refractivity contribution >= 4 is 34.8 Å². The number of anilines is 1. The standard InChI is InChI=1S/C30H23ClF9NO4/c1-29(2,30(38,39)40)22(43)10-5-15-4-6-17(31)24(25(15)36)20(42)12-14-3-9-21(45-13-23(34)35)16(11-14)28(44)41-27-19(33)8-7-18(32)26(27)37/h3-4,6-9,11,23H,5,10,12-13H2,1-2H3,(H,41,44). The highest BCUT2D eigenvalue weighted by Crippen LogP contribution is 2.39. The first-order valence-electron chi connectivity index (χ1n) is 12.9. The van der Waals surface area contributed by atoms with Gasteiger partial charge in [0.25, 0.3) is 12.3 Å². The van der Waals surface area contributed by atoms with Crippen molar-refractivity contribution in [2.75, 3.05) is 11.9 Å². The SMILES string of the molecule is CC(C)(C(=O)CCc1ccc(Cl)c(C(=O)Cc2ccc(OCC(F)F)c(C(=O)Nc3c(F)ccc(F)c3F)c2)c1F)C(F)(F)F. The average Bonchev–Trinajstić information content (AvgIpc) is 2.95. The summed E-state index contributed by atoms with van der Waals surface area (Å²) < 4.78 is 127. The summed E-state index contributed by atoms with van der Waals surface area (Å²) in [5, 5.41) is 1.40. The molecule has 0 heterocycles. The number of carbonyl (C=O) groups excluding carboxylic acids is 3. The van der Waals surface area contributed by atoms with Gasteiger partial charge in [0.2, 0.25) is 0 Å². The molecular formula is C30H23ClF9NO4. The number of ketones is 2. The van der Waals surface area contributed by atoms with Crippen molar-refractivity contribution in [2.45, 2.75) is 45.7 Å². The molecule has 0 unspecified atom stereocenters. The van der Waals surface area contributed by atoms with Gasteiger partial charge in [-0.3, -0.25) is 14.4 Å². The normalized spacial score (nSPS) is 11.9. The molecule has 0 aliphatic heterocycles. The third-order valence-electron chi connectivity index (χ3n) is 6.78. The smallest absolute Gasteiger partial charge is 0.400 e. The minimum absolute atomic E-state index is 0.0577. The number of halogens is 10. The van der Waals surface area contributed by atoms with Crippen LogP contribution in [0.4, 0.5) is 45.2 Å². The first kappa shape index (κ1) is 35.4. The monoisotopic (exact) mass is 667 g/mol. The number of aryl methyl sites for hydroxylation is 1. The Morgan fingerprint density at radius 1 is 0.911 bits per heavy atom. The highest BCUT2D eigenvalue weighted by Gasteiger charge is 2.52. The van der Waals surface area contributed by atoms with Crippen molar-refractivity contribution in [3.8, 4) is 5.75 Å². The Balaban J connectivity index is 1.90. The van der Waals surface area contributed by atoms with Crippen molar-refractivity contribution in [2.24, 2.45) is 5.41 Å². The fourth-order valence-electron chi connectivity index (χ4n) is 4.00. The molecule has 0 saturated carbocycles. The van der Waals surface area contributed by atoms with E-state index in [1.807, 2.05) is 0 Å². The number of alkyl halides is 5. The van der Waals surface area contributed by atoms with Gasteiger partial charge in [0.05, 0.1) is 16.1 Å². The summed E-state index contributed by atoms with van der Waals surface area (Å²) >= 11 is 6.03. The van der Waals surface area contributed by atoms with Crippen molar-refractivity contribution < 1.29 is 58.6 Å². The summed E-state index contributed by atoms with van der Waals surface area (Å²) in [7, 11) is 0. The van der Waals surface area contributed by atoms with Gasteiger partial charge in [-0.15, -0.1) is 0 Å². The maximum Gasteiger partial charge on any atom is 0.400 e. The third kappa shape index (κ3) is 8.16. The molecule has 0 aliphatic rings. The van der Waals surface area contributed by atoms with Crippen LogP contribution in [0.15, 0.2) is 42.5 Å². The molecule has 1 N–H and O–H groups in total. The van der Waals surface area contributed by atoms with Gasteiger partial charge in [0.1, 0.15) is 40.9 Å². The minimum atomic E-state index is -4.85. The molecule has 0 fully saturated rings. The van der Waals surface area contributed by atoms with E-state index >= 15 is 4.39 Å². The lowest BCUT2D eigenvalue weighted by Crippen LogP contribution is -2.39. The van der Waals surface area contributed by atoms with E-state index in [-0.39, 0.29) is 16.1 Å². The molecule has 15 heteroatoms. The van der Waals surface area contributed by atoms with Crippen LogP contribution in [-0.2, 0) is 17.6 Å². The zero-order chi connectivity index (χ0) is 33.9. The largest absolute Gasteiger partial charge is 0.487 e. The molecule has 3 rings (SSSR count). The van der Waals surface area contributed by atoms with E-state index < -0.39 is 107 Å². The second-order valence-corrected chi connectivity index (χ2v) is 10.7. The van der Waals surface area contributed by atoms with Crippen LogP contribution in [0.3, 0.4) is 0 Å². The quantitative estimate of drug-likeness (QED) is 0.120. The Labute approximate surface area is 255 Å². The molecule has 1 amide bonds. The van der Waals surface area contributed by atoms with Gasteiger partial charge in [0.15, 0.2) is 17.4 Å². The molecule has 0 bridgehead atoms.